The lowest BCUT2D eigenvalue weighted by Crippen LogP contribution is -2.26. The molecule has 1 amide bonds. The van der Waals surface area contributed by atoms with E-state index in [1.807, 2.05) is 42.5 Å². The van der Waals surface area contributed by atoms with Crippen molar-refractivity contribution >= 4 is 26.7 Å². The van der Waals surface area contributed by atoms with Gasteiger partial charge in [-0.05, 0) is 41.5 Å². The van der Waals surface area contributed by atoms with E-state index in [0.29, 0.717) is 6.54 Å². The summed E-state index contributed by atoms with van der Waals surface area (Å²) in [5, 5.41) is 4.68. The van der Waals surface area contributed by atoms with Gasteiger partial charge >= 0.3 is 0 Å². The zero-order valence-corrected chi connectivity index (χ0v) is 16.5. The molecule has 0 aliphatic rings. The highest BCUT2D eigenvalue weighted by molar-refractivity contribution is 7.89. The van der Waals surface area contributed by atoms with Crippen molar-refractivity contribution in [3.8, 4) is 5.75 Å². The summed E-state index contributed by atoms with van der Waals surface area (Å²) in [6.45, 7) is 2.37. The van der Waals surface area contributed by atoms with E-state index < -0.39 is 10.0 Å². The normalized spacial score (nSPS) is 11.4. The van der Waals surface area contributed by atoms with Crippen LogP contribution in [0.1, 0.15) is 22.8 Å². The second kappa shape index (κ2) is 8.41. The van der Waals surface area contributed by atoms with Gasteiger partial charge in [-0.2, -0.15) is 0 Å². The van der Waals surface area contributed by atoms with E-state index in [0.717, 1.165) is 16.3 Å². The van der Waals surface area contributed by atoms with Crippen LogP contribution in [0.25, 0.3) is 10.8 Å². The number of hydrogen-bond donors (Lipinski definition) is 2. The van der Waals surface area contributed by atoms with Crippen LogP contribution in [-0.2, 0) is 16.6 Å². The van der Waals surface area contributed by atoms with Crippen molar-refractivity contribution in [3.63, 3.8) is 0 Å². The molecular formula is C21H22N2O4S. The summed E-state index contributed by atoms with van der Waals surface area (Å²) >= 11 is 0. The number of sulfonamides is 1. The molecular weight excluding hydrogens is 376 g/mol. The molecule has 28 heavy (non-hydrogen) atoms. The summed E-state index contributed by atoms with van der Waals surface area (Å²) in [5.41, 5.74) is 1.12. The number of ether oxygens (including phenoxy) is 1. The largest absolute Gasteiger partial charge is 0.495 e. The van der Waals surface area contributed by atoms with E-state index in [1.54, 1.807) is 6.92 Å². The zero-order chi connectivity index (χ0) is 20.1. The highest BCUT2D eigenvalue weighted by Gasteiger charge is 2.21. The monoisotopic (exact) mass is 398 g/mol. The molecule has 3 aromatic carbocycles. The van der Waals surface area contributed by atoms with E-state index in [4.69, 9.17) is 4.74 Å². The molecule has 0 unspecified atom stereocenters. The second-order valence-corrected chi connectivity index (χ2v) is 7.92. The van der Waals surface area contributed by atoms with Gasteiger partial charge in [0, 0.05) is 18.7 Å². The molecule has 0 aliphatic heterocycles. The Morgan fingerprint density at radius 3 is 2.54 bits per heavy atom. The Bertz CT molecular complexity index is 1110. The quantitative estimate of drug-likeness (QED) is 0.641. The molecule has 0 fully saturated rings. The maximum Gasteiger partial charge on any atom is 0.251 e. The van der Waals surface area contributed by atoms with Gasteiger partial charge in [-0.25, -0.2) is 13.1 Å². The van der Waals surface area contributed by atoms with Crippen LogP contribution < -0.4 is 14.8 Å². The minimum Gasteiger partial charge on any atom is -0.495 e. The van der Waals surface area contributed by atoms with E-state index in [-0.39, 0.29) is 28.7 Å². The Balaban J connectivity index is 1.91. The van der Waals surface area contributed by atoms with Crippen molar-refractivity contribution in [2.45, 2.75) is 18.4 Å². The third kappa shape index (κ3) is 4.16. The zero-order valence-electron chi connectivity index (χ0n) is 15.7. The highest BCUT2D eigenvalue weighted by Crippen LogP contribution is 2.26. The van der Waals surface area contributed by atoms with E-state index in [1.165, 1.54) is 25.3 Å². The number of methoxy groups -OCH3 is 1. The van der Waals surface area contributed by atoms with E-state index >= 15 is 0 Å². The van der Waals surface area contributed by atoms with Gasteiger partial charge in [-0.3, -0.25) is 4.79 Å². The van der Waals surface area contributed by atoms with Gasteiger partial charge in [0.1, 0.15) is 10.6 Å². The number of carbonyl (C=O) groups is 1. The molecule has 0 atom stereocenters. The van der Waals surface area contributed by atoms with Crippen molar-refractivity contribution in [1.29, 1.82) is 0 Å². The predicted octanol–water partition coefficient (Wildman–Crippen LogP) is 3.08. The smallest absolute Gasteiger partial charge is 0.251 e. The summed E-state index contributed by atoms with van der Waals surface area (Å²) < 4.78 is 33.7. The van der Waals surface area contributed by atoms with Gasteiger partial charge in [-0.1, -0.05) is 42.5 Å². The summed E-state index contributed by atoms with van der Waals surface area (Å²) in [7, 11) is -2.50. The number of nitrogens with one attached hydrogen (secondary N) is 2. The van der Waals surface area contributed by atoms with Crippen molar-refractivity contribution in [3.05, 3.63) is 71.8 Å². The summed E-state index contributed by atoms with van der Waals surface area (Å²) in [6, 6.07) is 17.9. The molecule has 0 aromatic heterocycles. The molecule has 0 heterocycles. The summed E-state index contributed by atoms with van der Waals surface area (Å²) in [5.74, 6) is -0.158. The first-order valence-corrected chi connectivity index (χ1v) is 10.4. The van der Waals surface area contributed by atoms with Crippen LogP contribution in [0.5, 0.6) is 5.75 Å². The van der Waals surface area contributed by atoms with Gasteiger partial charge in [0.25, 0.3) is 5.91 Å². The fraction of sp³-hybridized carbons (Fsp3) is 0.190. The number of rotatable bonds is 7. The third-order valence-electron chi connectivity index (χ3n) is 4.39. The van der Waals surface area contributed by atoms with Gasteiger partial charge in [0.05, 0.1) is 7.11 Å². The van der Waals surface area contributed by atoms with Crippen molar-refractivity contribution in [1.82, 2.24) is 10.0 Å². The molecule has 0 saturated heterocycles. The van der Waals surface area contributed by atoms with Crippen LogP contribution in [0.4, 0.5) is 0 Å². The number of carbonyl (C=O) groups excluding carboxylic acids is 1. The topological polar surface area (TPSA) is 84.5 Å². The molecule has 0 aliphatic carbocycles. The molecule has 6 nitrogen and oxygen atoms in total. The Labute approximate surface area is 164 Å². The lowest BCUT2D eigenvalue weighted by Gasteiger charge is -2.13. The minimum atomic E-state index is -3.90. The van der Waals surface area contributed by atoms with Crippen molar-refractivity contribution in [2.75, 3.05) is 13.7 Å². The first-order chi connectivity index (χ1) is 13.5. The van der Waals surface area contributed by atoms with Crippen LogP contribution >= 0.6 is 0 Å². The van der Waals surface area contributed by atoms with Crippen LogP contribution in [0.3, 0.4) is 0 Å². The fourth-order valence-electron chi connectivity index (χ4n) is 2.99. The number of benzene rings is 3. The summed E-state index contributed by atoms with van der Waals surface area (Å²) in [4.78, 5) is 12.0. The second-order valence-electron chi connectivity index (χ2n) is 6.19. The van der Waals surface area contributed by atoms with Crippen molar-refractivity contribution < 1.29 is 17.9 Å². The standard InChI is InChI=1S/C21H22N2O4S/c1-3-22-21(24)16-11-12-19(27-2)20(13-16)28(25,26)23-14-17-9-6-8-15-7-4-5-10-18(15)17/h4-13,23H,3,14H2,1-2H3,(H,22,24). The third-order valence-corrected chi connectivity index (χ3v) is 5.81. The Morgan fingerprint density at radius 1 is 1.04 bits per heavy atom. The highest BCUT2D eigenvalue weighted by atomic mass is 32.2. The van der Waals surface area contributed by atoms with Gasteiger partial charge in [0.2, 0.25) is 10.0 Å². The van der Waals surface area contributed by atoms with E-state index in [2.05, 4.69) is 10.0 Å². The molecule has 3 rings (SSSR count). The maximum absolute atomic E-state index is 12.9. The Hall–Kier alpha value is -2.90. The average molecular weight is 398 g/mol. The maximum atomic E-state index is 12.9. The fourth-order valence-corrected chi connectivity index (χ4v) is 4.19. The molecule has 0 bridgehead atoms. The summed E-state index contributed by atoms with van der Waals surface area (Å²) in [6.07, 6.45) is 0. The van der Waals surface area contributed by atoms with Crippen molar-refractivity contribution in [2.24, 2.45) is 0 Å². The lowest BCUT2D eigenvalue weighted by molar-refractivity contribution is 0.0955. The van der Waals surface area contributed by atoms with Gasteiger partial charge in [-0.15, -0.1) is 0 Å². The predicted molar refractivity (Wildman–Crippen MR) is 109 cm³/mol. The molecule has 2 N–H and O–H groups in total. The van der Waals surface area contributed by atoms with Gasteiger partial charge < -0.3 is 10.1 Å². The number of amides is 1. The van der Waals surface area contributed by atoms with Gasteiger partial charge in [0.15, 0.2) is 0 Å². The molecule has 0 radical (unpaired) electrons. The minimum absolute atomic E-state index is 0.0704. The Morgan fingerprint density at radius 2 is 1.79 bits per heavy atom. The number of fused-ring (bicyclic) bond motifs is 1. The van der Waals surface area contributed by atoms with Crippen LogP contribution in [0, 0.1) is 0 Å². The molecule has 7 heteroatoms. The van der Waals surface area contributed by atoms with Crippen LogP contribution in [0.2, 0.25) is 0 Å². The van der Waals surface area contributed by atoms with Crippen LogP contribution in [-0.4, -0.2) is 28.0 Å². The van der Waals surface area contributed by atoms with E-state index in [9.17, 15) is 13.2 Å². The van der Waals surface area contributed by atoms with Crippen LogP contribution in [0.15, 0.2) is 65.6 Å². The SMILES string of the molecule is CCNC(=O)c1ccc(OC)c(S(=O)(=O)NCc2cccc3ccccc23)c1. The lowest BCUT2D eigenvalue weighted by atomic mass is 10.1. The molecule has 0 saturated carbocycles. The molecule has 146 valence electrons. The number of hydrogen-bond acceptors (Lipinski definition) is 4. The molecule has 3 aromatic rings. The Kier molecular flexibility index (Phi) is 5.96. The molecule has 0 spiro atoms. The first kappa shape index (κ1) is 19.9. The first-order valence-electron chi connectivity index (χ1n) is 8.89. The average Bonchev–Trinajstić information content (AvgIpc) is 2.72.